The Balaban J connectivity index is 1.52. The van der Waals surface area contributed by atoms with Crippen molar-refractivity contribution in [3.63, 3.8) is 0 Å². The normalized spacial score (nSPS) is 44.2. The van der Waals surface area contributed by atoms with Crippen LogP contribution in [0.1, 0.15) is 112 Å². The molecule has 160 valence electrons. The molecule has 28 heavy (non-hydrogen) atoms. The molecule has 4 aliphatic carbocycles. The summed E-state index contributed by atoms with van der Waals surface area (Å²) >= 11 is 0. The summed E-state index contributed by atoms with van der Waals surface area (Å²) in [6, 6.07) is 0. The Morgan fingerprint density at radius 2 is 1.75 bits per heavy atom. The van der Waals surface area contributed by atoms with Gasteiger partial charge >= 0.3 is 0 Å². The average Bonchev–Trinajstić information content (AvgIpc) is 2.99. The Bertz CT molecular complexity index is 603. The molecule has 1 nitrogen and oxygen atoms in total. The van der Waals surface area contributed by atoms with E-state index in [0.29, 0.717) is 10.8 Å². The fraction of sp³-hybridized carbons (Fsp3) is 0.926. The van der Waals surface area contributed by atoms with Crippen LogP contribution in [0.3, 0.4) is 0 Å². The zero-order chi connectivity index (χ0) is 20.1. The van der Waals surface area contributed by atoms with Gasteiger partial charge in [0.1, 0.15) is 0 Å². The van der Waals surface area contributed by atoms with Gasteiger partial charge in [0, 0.05) is 0 Å². The standard InChI is InChI=1S/C27H46O/c1-18(2)7-6-8-19(3)23-11-12-24-22-10-9-20-17-21(28)13-15-26(20,4)25(22)14-16-27(23,24)5/h18-21,23-24,28H,6-17H2,1-5H3/t19?,20?,21?,23?,24?,26-,27+/m0/s1. The molecular formula is C27H46O. The molecule has 7 atom stereocenters. The lowest BCUT2D eigenvalue weighted by atomic mass is 9.50. The lowest BCUT2D eigenvalue weighted by Gasteiger charge is -2.55. The zero-order valence-corrected chi connectivity index (χ0v) is 19.4. The lowest BCUT2D eigenvalue weighted by molar-refractivity contribution is 0.0132. The molecule has 1 heteroatoms. The molecule has 0 aromatic rings. The van der Waals surface area contributed by atoms with Crippen LogP contribution in [0.5, 0.6) is 0 Å². The second-order valence-corrected chi connectivity index (χ2v) is 12.1. The number of fused-ring (bicyclic) bond motifs is 4. The van der Waals surface area contributed by atoms with Crippen molar-refractivity contribution in [1.82, 2.24) is 0 Å². The number of aliphatic hydroxyl groups is 1. The van der Waals surface area contributed by atoms with Crippen LogP contribution >= 0.6 is 0 Å². The van der Waals surface area contributed by atoms with Crippen molar-refractivity contribution in [2.45, 2.75) is 118 Å². The second-order valence-electron chi connectivity index (χ2n) is 12.1. The van der Waals surface area contributed by atoms with Gasteiger partial charge in [0.2, 0.25) is 0 Å². The van der Waals surface area contributed by atoms with E-state index in [0.717, 1.165) is 42.4 Å². The molecule has 0 bridgehead atoms. The molecular weight excluding hydrogens is 340 g/mol. The van der Waals surface area contributed by atoms with Crippen LogP contribution in [0.25, 0.3) is 0 Å². The van der Waals surface area contributed by atoms with Gasteiger partial charge < -0.3 is 5.11 Å². The van der Waals surface area contributed by atoms with Gasteiger partial charge in [-0.2, -0.15) is 0 Å². The fourth-order valence-corrected chi connectivity index (χ4v) is 8.46. The van der Waals surface area contributed by atoms with Gasteiger partial charge in [-0.1, -0.05) is 65.0 Å². The number of aliphatic hydroxyl groups excluding tert-OH is 1. The third-order valence-corrected chi connectivity index (χ3v) is 10.2. The van der Waals surface area contributed by atoms with E-state index in [9.17, 15) is 5.11 Å². The van der Waals surface area contributed by atoms with Crippen LogP contribution < -0.4 is 0 Å². The molecule has 0 spiro atoms. The summed E-state index contributed by atoms with van der Waals surface area (Å²) in [4.78, 5) is 0. The summed E-state index contributed by atoms with van der Waals surface area (Å²) in [5.41, 5.74) is 4.77. The van der Waals surface area contributed by atoms with Gasteiger partial charge in [0.25, 0.3) is 0 Å². The van der Waals surface area contributed by atoms with E-state index >= 15 is 0 Å². The number of hydrogen-bond acceptors (Lipinski definition) is 1. The number of hydrogen-bond donors (Lipinski definition) is 1. The summed E-state index contributed by atoms with van der Waals surface area (Å²) in [7, 11) is 0. The summed E-state index contributed by atoms with van der Waals surface area (Å²) < 4.78 is 0. The van der Waals surface area contributed by atoms with E-state index in [1.165, 1.54) is 64.2 Å². The first-order chi connectivity index (χ1) is 13.3. The highest BCUT2D eigenvalue weighted by atomic mass is 16.3. The Hall–Kier alpha value is -0.300. The minimum absolute atomic E-state index is 0.0309. The first kappa shape index (κ1) is 21.0. The molecule has 0 amide bonds. The van der Waals surface area contributed by atoms with E-state index < -0.39 is 0 Å². The van der Waals surface area contributed by atoms with Gasteiger partial charge in [-0.05, 0) is 98.2 Å². The van der Waals surface area contributed by atoms with E-state index in [2.05, 4.69) is 34.6 Å². The minimum atomic E-state index is -0.0309. The minimum Gasteiger partial charge on any atom is -0.393 e. The fourth-order valence-electron chi connectivity index (χ4n) is 8.46. The van der Waals surface area contributed by atoms with Crippen molar-refractivity contribution in [1.29, 1.82) is 0 Å². The third kappa shape index (κ3) is 3.42. The van der Waals surface area contributed by atoms with Crippen molar-refractivity contribution in [2.75, 3.05) is 0 Å². The average molecular weight is 387 g/mol. The molecule has 0 aromatic carbocycles. The van der Waals surface area contributed by atoms with Crippen LogP contribution in [-0.4, -0.2) is 11.2 Å². The quantitative estimate of drug-likeness (QED) is 0.484. The van der Waals surface area contributed by atoms with E-state index in [1.807, 2.05) is 11.1 Å². The zero-order valence-electron chi connectivity index (χ0n) is 19.4. The van der Waals surface area contributed by atoms with Crippen LogP contribution in [0, 0.1) is 40.4 Å². The van der Waals surface area contributed by atoms with E-state index in [4.69, 9.17) is 0 Å². The maximum Gasteiger partial charge on any atom is 0.0543 e. The number of allylic oxidation sites excluding steroid dienone is 2. The van der Waals surface area contributed by atoms with Crippen molar-refractivity contribution < 1.29 is 5.11 Å². The first-order valence-electron chi connectivity index (χ1n) is 12.7. The maximum atomic E-state index is 10.2. The first-order valence-corrected chi connectivity index (χ1v) is 12.7. The molecule has 0 radical (unpaired) electrons. The Labute approximate surface area is 174 Å². The SMILES string of the molecule is CC(C)CCCC(C)C1CCC2C3=C(CC[C@@]21C)[C@@]1(C)CCC(O)CC1CC3. The monoisotopic (exact) mass is 386 g/mol. The lowest BCUT2D eigenvalue weighted by Crippen LogP contribution is -2.45. The Kier molecular flexibility index (Phi) is 5.80. The van der Waals surface area contributed by atoms with Crippen molar-refractivity contribution in [3.8, 4) is 0 Å². The highest BCUT2D eigenvalue weighted by Crippen LogP contribution is 2.66. The highest BCUT2D eigenvalue weighted by molar-refractivity contribution is 5.34. The van der Waals surface area contributed by atoms with Crippen LogP contribution in [0.4, 0.5) is 0 Å². The van der Waals surface area contributed by atoms with Crippen LogP contribution in [0.2, 0.25) is 0 Å². The topological polar surface area (TPSA) is 20.2 Å². The molecule has 0 heterocycles. The van der Waals surface area contributed by atoms with Crippen molar-refractivity contribution in [3.05, 3.63) is 11.1 Å². The predicted octanol–water partition coefficient (Wildman–Crippen LogP) is 7.53. The van der Waals surface area contributed by atoms with Crippen LogP contribution in [0.15, 0.2) is 11.1 Å². The number of rotatable bonds is 5. The van der Waals surface area contributed by atoms with Gasteiger partial charge in [0.05, 0.1) is 6.10 Å². The molecule has 0 aliphatic heterocycles. The summed E-state index contributed by atoms with van der Waals surface area (Å²) in [5, 5.41) is 10.2. The molecule has 2 saturated carbocycles. The maximum absolute atomic E-state index is 10.2. The van der Waals surface area contributed by atoms with Gasteiger partial charge in [-0.3, -0.25) is 0 Å². The van der Waals surface area contributed by atoms with Gasteiger partial charge in [-0.25, -0.2) is 0 Å². The molecule has 1 N–H and O–H groups in total. The molecule has 0 aromatic heterocycles. The Morgan fingerprint density at radius 3 is 2.50 bits per heavy atom. The molecule has 4 aliphatic rings. The molecule has 4 rings (SSSR count). The molecule has 5 unspecified atom stereocenters. The summed E-state index contributed by atoms with van der Waals surface area (Å²) in [6.07, 6.45) is 16.0. The summed E-state index contributed by atoms with van der Waals surface area (Å²) in [6.45, 7) is 12.6. The van der Waals surface area contributed by atoms with Gasteiger partial charge in [0.15, 0.2) is 0 Å². The molecule has 2 fully saturated rings. The Morgan fingerprint density at radius 1 is 0.964 bits per heavy atom. The largest absolute Gasteiger partial charge is 0.393 e. The third-order valence-electron chi connectivity index (χ3n) is 10.2. The van der Waals surface area contributed by atoms with Crippen molar-refractivity contribution in [2.24, 2.45) is 40.4 Å². The predicted molar refractivity (Wildman–Crippen MR) is 119 cm³/mol. The highest BCUT2D eigenvalue weighted by Gasteiger charge is 2.55. The molecule has 0 saturated heterocycles. The van der Waals surface area contributed by atoms with Gasteiger partial charge in [-0.15, -0.1) is 0 Å². The smallest absolute Gasteiger partial charge is 0.0543 e. The van der Waals surface area contributed by atoms with E-state index in [1.54, 1.807) is 0 Å². The second kappa shape index (κ2) is 7.75. The summed E-state index contributed by atoms with van der Waals surface area (Å²) in [5.74, 6) is 4.31. The van der Waals surface area contributed by atoms with E-state index in [-0.39, 0.29) is 6.10 Å². The van der Waals surface area contributed by atoms with Crippen molar-refractivity contribution >= 4 is 0 Å². The van der Waals surface area contributed by atoms with Crippen LogP contribution in [-0.2, 0) is 0 Å².